The molecule has 0 spiro atoms. The Bertz CT molecular complexity index is 909. The van der Waals surface area contributed by atoms with Crippen LogP contribution in [0.2, 0.25) is 0 Å². The van der Waals surface area contributed by atoms with Crippen LogP contribution in [0.5, 0.6) is 0 Å². The molecule has 1 saturated heterocycles. The van der Waals surface area contributed by atoms with E-state index in [2.05, 4.69) is 16.0 Å². The van der Waals surface area contributed by atoms with Crippen molar-refractivity contribution in [3.05, 3.63) is 16.0 Å². The molecule has 1 fully saturated rings. The van der Waals surface area contributed by atoms with Crippen molar-refractivity contribution in [2.24, 2.45) is 0 Å². The first-order chi connectivity index (χ1) is 12.9. The maximum atomic E-state index is 13.0. The number of piperazine rings is 1. The summed E-state index contributed by atoms with van der Waals surface area (Å²) >= 11 is 1.23. The Morgan fingerprint density at radius 1 is 1.33 bits per heavy atom. The first kappa shape index (κ1) is 19.4. The second-order valence-corrected chi connectivity index (χ2v) is 7.93. The molecule has 2 aromatic heterocycles. The Hall–Kier alpha value is -2.41. The zero-order valence-electron chi connectivity index (χ0n) is 15.5. The van der Waals surface area contributed by atoms with Gasteiger partial charge in [-0.15, -0.1) is 11.3 Å². The summed E-state index contributed by atoms with van der Waals surface area (Å²) in [6.45, 7) is 7.28. The Kier molecular flexibility index (Phi) is 5.51. The van der Waals surface area contributed by atoms with Gasteiger partial charge in [-0.2, -0.15) is 5.26 Å². The summed E-state index contributed by atoms with van der Waals surface area (Å²) in [4.78, 5) is 22.3. The van der Waals surface area contributed by atoms with E-state index in [1.54, 1.807) is 4.90 Å². The van der Waals surface area contributed by atoms with Crippen LogP contribution in [0, 0.1) is 11.3 Å². The standard InChI is InChI=1S/C18H24N6O2S/c1-10(2)12-11(9-19)16(21)22-17-13(12)14(20)15(27-17)18(26)24-5-3-23(4-6-24)7-8-25/h10,25H,3-8,20H2,1-2H3,(H2,21,22). The highest BCUT2D eigenvalue weighted by atomic mass is 32.1. The molecule has 1 aliphatic heterocycles. The maximum Gasteiger partial charge on any atom is 0.266 e. The van der Waals surface area contributed by atoms with Gasteiger partial charge in [0.25, 0.3) is 5.91 Å². The minimum absolute atomic E-state index is 0.0225. The van der Waals surface area contributed by atoms with Gasteiger partial charge >= 0.3 is 0 Å². The number of nitrogens with two attached hydrogens (primary N) is 2. The predicted octanol–water partition coefficient (Wildman–Crippen LogP) is 1.21. The first-order valence-corrected chi connectivity index (χ1v) is 9.74. The summed E-state index contributed by atoms with van der Waals surface area (Å²) in [5.74, 6) is 0.0758. The highest BCUT2D eigenvalue weighted by Crippen LogP contribution is 2.41. The third-order valence-electron chi connectivity index (χ3n) is 4.90. The average Bonchev–Trinajstić information content (AvgIpc) is 2.96. The molecule has 5 N–H and O–H groups in total. The average molecular weight is 388 g/mol. The number of nitrogens with zero attached hydrogens (tertiary/aromatic N) is 4. The molecule has 0 unspecified atom stereocenters. The number of nitrogen functional groups attached to an aromatic ring is 2. The molecular weight excluding hydrogens is 364 g/mol. The van der Waals surface area contributed by atoms with Crippen LogP contribution in [0.3, 0.4) is 0 Å². The number of hydrogen-bond acceptors (Lipinski definition) is 8. The molecule has 0 radical (unpaired) electrons. The Morgan fingerprint density at radius 3 is 2.56 bits per heavy atom. The minimum atomic E-state index is -0.120. The number of nitriles is 1. The number of anilines is 2. The molecule has 0 aliphatic carbocycles. The van der Waals surface area contributed by atoms with Gasteiger partial charge in [0.2, 0.25) is 0 Å². The molecule has 144 valence electrons. The third-order valence-corrected chi connectivity index (χ3v) is 5.99. The number of amides is 1. The molecule has 1 aliphatic rings. The van der Waals surface area contributed by atoms with Crippen LogP contribution in [0.1, 0.15) is 40.6 Å². The lowest BCUT2D eigenvalue weighted by atomic mass is 9.95. The van der Waals surface area contributed by atoms with Gasteiger partial charge in [-0.25, -0.2) is 4.98 Å². The Labute approximate surface area is 162 Å². The van der Waals surface area contributed by atoms with Gasteiger partial charge in [-0.1, -0.05) is 13.8 Å². The van der Waals surface area contributed by atoms with Crippen molar-refractivity contribution < 1.29 is 9.90 Å². The van der Waals surface area contributed by atoms with E-state index in [1.807, 2.05) is 13.8 Å². The molecule has 8 nitrogen and oxygen atoms in total. The van der Waals surface area contributed by atoms with Gasteiger partial charge in [0, 0.05) is 38.1 Å². The fraction of sp³-hybridized carbons (Fsp3) is 0.500. The smallest absolute Gasteiger partial charge is 0.266 e. The van der Waals surface area contributed by atoms with Crippen LogP contribution in [-0.2, 0) is 0 Å². The normalized spacial score (nSPS) is 15.4. The largest absolute Gasteiger partial charge is 0.397 e. The number of carbonyl (C=O) groups excluding carboxylic acids is 1. The second-order valence-electron chi connectivity index (χ2n) is 6.93. The van der Waals surface area contributed by atoms with E-state index in [0.717, 1.165) is 18.7 Å². The number of aliphatic hydroxyl groups excluding tert-OH is 1. The number of aromatic nitrogens is 1. The van der Waals surface area contributed by atoms with Crippen molar-refractivity contribution in [1.29, 1.82) is 5.26 Å². The number of fused-ring (bicyclic) bond motifs is 1. The zero-order chi connectivity index (χ0) is 19.7. The van der Waals surface area contributed by atoms with Crippen LogP contribution in [0.15, 0.2) is 0 Å². The van der Waals surface area contributed by atoms with E-state index in [4.69, 9.17) is 16.6 Å². The van der Waals surface area contributed by atoms with Crippen LogP contribution < -0.4 is 11.5 Å². The first-order valence-electron chi connectivity index (χ1n) is 8.92. The summed E-state index contributed by atoms with van der Waals surface area (Å²) in [5, 5.41) is 19.2. The summed E-state index contributed by atoms with van der Waals surface area (Å²) < 4.78 is 0. The van der Waals surface area contributed by atoms with Gasteiger partial charge in [-0.05, 0) is 11.5 Å². The lowest BCUT2D eigenvalue weighted by molar-refractivity contribution is 0.0620. The van der Waals surface area contributed by atoms with E-state index >= 15 is 0 Å². The lowest BCUT2D eigenvalue weighted by Gasteiger charge is -2.34. The lowest BCUT2D eigenvalue weighted by Crippen LogP contribution is -2.49. The van der Waals surface area contributed by atoms with E-state index in [0.29, 0.717) is 46.0 Å². The van der Waals surface area contributed by atoms with E-state index in [-0.39, 0.29) is 24.2 Å². The summed E-state index contributed by atoms with van der Waals surface area (Å²) in [6.07, 6.45) is 0. The van der Waals surface area contributed by atoms with Gasteiger partial charge < -0.3 is 21.5 Å². The van der Waals surface area contributed by atoms with Gasteiger partial charge in [0.15, 0.2) is 0 Å². The summed E-state index contributed by atoms with van der Waals surface area (Å²) in [5.41, 5.74) is 13.8. The van der Waals surface area contributed by atoms with E-state index in [9.17, 15) is 10.1 Å². The fourth-order valence-electron chi connectivity index (χ4n) is 3.51. The summed E-state index contributed by atoms with van der Waals surface area (Å²) in [6, 6.07) is 2.12. The van der Waals surface area contributed by atoms with E-state index in [1.165, 1.54) is 11.3 Å². The second kappa shape index (κ2) is 7.68. The van der Waals surface area contributed by atoms with E-state index < -0.39 is 0 Å². The predicted molar refractivity (Wildman–Crippen MR) is 107 cm³/mol. The third kappa shape index (κ3) is 3.43. The minimum Gasteiger partial charge on any atom is -0.397 e. The van der Waals surface area contributed by atoms with Gasteiger partial charge in [-0.3, -0.25) is 9.69 Å². The Balaban J connectivity index is 1.99. The van der Waals surface area contributed by atoms with Gasteiger partial charge in [0.1, 0.15) is 21.6 Å². The van der Waals surface area contributed by atoms with Crippen molar-refractivity contribution in [2.45, 2.75) is 19.8 Å². The number of pyridine rings is 1. The molecule has 0 aromatic carbocycles. The molecule has 2 aromatic rings. The number of β-amino-alcohol motifs (C(OH)–C–C–N with tert-alkyl or cyclic N) is 1. The zero-order valence-corrected chi connectivity index (χ0v) is 16.3. The molecule has 3 heterocycles. The fourth-order valence-corrected chi connectivity index (χ4v) is 4.60. The SMILES string of the molecule is CC(C)c1c(C#N)c(N)nc2sc(C(=O)N3CCN(CCO)CC3)c(N)c12. The molecule has 0 saturated carbocycles. The molecule has 9 heteroatoms. The van der Waals surface area contributed by atoms with Crippen molar-refractivity contribution in [3.63, 3.8) is 0 Å². The van der Waals surface area contributed by atoms with Crippen LogP contribution >= 0.6 is 11.3 Å². The highest BCUT2D eigenvalue weighted by Gasteiger charge is 2.28. The van der Waals surface area contributed by atoms with Crippen LogP contribution in [-0.4, -0.2) is 65.1 Å². The molecule has 0 bridgehead atoms. The van der Waals surface area contributed by atoms with Crippen LogP contribution in [0.25, 0.3) is 10.2 Å². The Morgan fingerprint density at radius 2 is 2.00 bits per heavy atom. The topological polar surface area (TPSA) is 132 Å². The quantitative estimate of drug-likeness (QED) is 0.717. The number of rotatable bonds is 4. The van der Waals surface area contributed by atoms with Crippen LogP contribution in [0.4, 0.5) is 11.5 Å². The maximum absolute atomic E-state index is 13.0. The molecule has 27 heavy (non-hydrogen) atoms. The van der Waals surface area contributed by atoms with Crippen molar-refractivity contribution in [2.75, 3.05) is 50.8 Å². The summed E-state index contributed by atoms with van der Waals surface area (Å²) in [7, 11) is 0. The molecule has 3 rings (SSSR count). The van der Waals surface area contributed by atoms with Crippen molar-refractivity contribution >= 4 is 39.0 Å². The molecule has 1 amide bonds. The number of aliphatic hydroxyl groups is 1. The molecule has 0 atom stereocenters. The number of hydrogen-bond donors (Lipinski definition) is 3. The monoisotopic (exact) mass is 388 g/mol. The number of carbonyl (C=O) groups is 1. The number of thiophene rings is 1. The van der Waals surface area contributed by atoms with Crippen molar-refractivity contribution in [3.8, 4) is 6.07 Å². The van der Waals surface area contributed by atoms with Gasteiger partial charge in [0.05, 0.1) is 17.9 Å². The highest BCUT2D eigenvalue weighted by molar-refractivity contribution is 7.21. The molecular formula is C18H24N6O2S. The van der Waals surface area contributed by atoms with Crippen molar-refractivity contribution in [1.82, 2.24) is 14.8 Å².